The number of quaternary nitrogens is 1. The zero-order valence-electron chi connectivity index (χ0n) is 22.3. The average Bonchev–Trinajstić information content (AvgIpc) is 2.75. The van der Waals surface area contributed by atoms with Crippen molar-refractivity contribution in [1.82, 2.24) is 0 Å². The van der Waals surface area contributed by atoms with E-state index in [4.69, 9.17) is 0 Å². The summed E-state index contributed by atoms with van der Waals surface area (Å²) in [5.41, 5.74) is 0. The molecule has 0 radical (unpaired) electrons. The Morgan fingerprint density at radius 2 is 0.700 bits per heavy atom. The Hall–Kier alpha value is -0.0400. The lowest BCUT2D eigenvalue weighted by Crippen LogP contribution is -2.56. The number of rotatable bonds is 24. The fraction of sp³-hybridized carbons (Fsp3) is 1.00. The van der Waals surface area contributed by atoms with Crippen LogP contribution in [0.2, 0.25) is 0 Å². The van der Waals surface area contributed by atoms with Gasteiger partial charge in [0, 0.05) is 0 Å². The highest BCUT2D eigenvalue weighted by Gasteiger charge is 2.32. The van der Waals surface area contributed by atoms with Crippen LogP contribution in [0.4, 0.5) is 0 Å². The lowest BCUT2D eigenvalue weighted by Gasteiger charge is -2.45. The molecule has 0 aliphatic carbocycles. The number of nitrogens with zero attached hydrogens (tertiary/aromatic N) is 1. The van der Waals surface area contributed by atoms with Gasteiger partial charge < -0.3 is 4.48 Å². The van der Waals surface area contributed by atoms with E-state index in [1.807, 2.05) is 0 Å². The second-order valence-electron chi connectivity index (χ2n) is 10.3. The first-order valence-corrected chi connectivity index (χ1v) is 14.5. The van der Waals surface area contributed by atoms with Crippen LogP contribution in [0.3, 0.4) is 0 Å². The van der Waals surface area contributed by atoms with E-state index in [9.17, 15) is 0 Å². The Kier molecular flexibility index (Phi) is 22.1. The molecule has 0 aliphatic heterocycles. The van der Waals surface area contributed by atoms with Gasteiger partial charge in [0.2, 0.25) is 0 Å². The van der Waals surface area contributed by atoms with E-state index in [-0.39, 0.29) is 0 Å². The zero-order chi connectivity index (χ0) is 22.3. The summed E-state index contributed by atoms with van der Waals surface area (Å²) >= 11 is 0. The Morgan fingerprint density at radius 1 is 0.400 bits per heavy atom. The average molecular weight is 425 g/mol. The van der Waals surface area contributed by atoms with Gasteiger partial charge in [0.15, 0.2) is 0 Å². The molecule has 0 heterocycles. The molecule has 30 heavy (non-hydrogen) atoms. The molecule has 0 fully saturated rings. The van der Waals surface area contributed by atoms with Crippen LogP contribution in [0.15, 0.2) is 0 Å². The summed E-state index contributed by atoms with van der Waals surface area (Å²) in [6.45, 7) is 16.4. The van der Waals surface area contributed by atoms with Crippen LogP contribution < -0.4 is 0 Å². The summed E-state index contributed by atoms with van der Waals surface area (Å²) in [6, 6.07) is 0.866. The highest BCUT2D eigenvalue weighted by molar-refractivity contribution is 4.60. The molecular formula is C29H62N+. The first-order valence-electron chi connectivity index (χ1n) is 14.5. The van der Waals surface area contributed by atoms with E-state index in [1.54, 1.807) is 0 Å². The Bertz CT molecular complexity index is 288. The molecule has 0 aromatic carbocycles. The lowest BCUT2D eigenvalue weighted by molar-refractivity contribution is -0.950. The van der Waals surface area contributed by atoms with Crippen LogP contribution in [0.5, 0.6) is 0 Å². The maximum Gasteiger partial charge on any atom is 0.0861 e. The number of hydrogen-bond acceptors (Lipinski definition) is 0. The first kappa shape index (κ1) is 30.0. The van der Waals surface area contributed by atoms with Gasteiger partial charge in [0.25, 0.3) is 0 Å². The number of hydrogen-bond donors (Lipinski definition) is 0. The molecule has 0 aromatic heterocycles. The van der Waals surface area contributed by atoms with Crippen molar-refractivity contribution in [2.24, 2.45) is 0 Å². The van der Waals surface area contributed by atoms with Crippen molar-refractivity contribution in [1.29, 1.82) is 0 Å². The molecule has 0 aliphatic rings. The van der Waals surface area contributed by atoms with Crippen molar-refractivity contribution in [2.45, 2.75) is 169 Å². The van der Waals surface area contributed by atoms with Crippen LogP contribution in [-0.4, -0.2) is 30.2 Å². The van der Waals surface area contributed by atoms with E-state index in [0.717, 1.165) is 6.04 Å². The quantitative estimate of drug-likeness (QED) is 0.107. The van der Waals surface area contributed by atoms with Gasteiger partial charge in [0.1, 0.15) is 0 Å². The van der Waals surface area contributed by atoms with Crippen molar-refractivity contribution in [3.8, 4) is 0 Å². The molecular weight excluding hydrogens is 362 g/mol. The van der Waals surface area contributed by atoms with Crippen molar-refractivity contribution < 1.29 is 4.48 Å². The summed E-state index contributed by atoms with van der Waals surface area (Å²) in [5, 5.41) is 0. The minimum atomic E-state index is 0.866. The van der Waals surface area contributed by atoms with Crippen LogP contribution in [0.1, 0.15) is 163 Å². The van der Waals surface area contributed by atoms with Gasteiger partial charge >= 0.3 is 0 Å². The third-order valence-corrected chi connectivity index (χ3v) is 7.53. The number of unbranched alkanes of at least 4 members (excludes halogenated alkanes) is 15. The maximum absolute atomic E-state index is 2.62. The summed E-state index contributed by atoms with van der Waals surface area (Å²) in [7, 11) is 0. The predicted octanol–water partition coefficient (Wildman–Crippen LogP) is 10.1. The monoisotopic (exact) mass is 424 g/mol. The van der Waals surface area contributed by atoms with Gasteiger partial charge in [-0.05, 0) is 58.3 Å². The Labute approximate surface area is 193 Å². The van der Waals surface area contributed by atoms with Gasteiger partial charge in [-0.3, -0.25) is 0 Å². The van der Waals surface area contributed by atoms with Crippen LogP contribution >= 0.6 is 0 Å². The normalized spacial score (nSPS) is 13.1. The topological polar surface area (TPSA) is 0 Å². The molecule has 0 saturated heterocycles. The summed E-state index contributed by atoms with van der Waals surface area (Å²) in [4.78, 5) is 0. The van der Waals surface area contributed by atoms with Gasteiger partial charge in [-0.25, -0.2) is 0 Å². The minimum Gasteiger partial charge on any atom is -0.321 e. The molecule has 0 rings (SSSR count). The predicted molar refractivity (Wildman–Crippen MR) is 139 cm³/mol. The fourth-order valence-electron chi connectivity index (χ4n) is 5.23. The van der Waals surface area contributed by atoms with Gasteiger partial charge in [-0.1, -0.05) is 105 Å². The first-order chi connectivity index (χ1) is 14.7. The largest absolute Gasteiger partial charge is 0.321 e. The second kappa shape index (κ2) is 22.2. The zero-order valence-corrected chi connectivity index (χ0v) is 22.3. The third kappa shape index (κ3) is 15.7. The molecule has 0 aromatic rings. The fourth-order valence-corrected chi connectivity index (χ4v) is 5.23. The second-order valence-corrected chi connectivity index (χ2v) is 10.3. The molecule has 0 bridgehead atoms. The van der Waals surface area contributed by atoms with Crippen LogP contribution in [-0.2, 0) is 0 Å². The highest BCUT2D eigenvalue weighted by atomic mass is 15.4. The van der Waals surface area contributed by atoms with Crippen molar-refractivity contribution in [2.75, 3.05) is 19.6 Å². The van der Waals surface area contributed by atoms with E-state index < -0.39 is 0 Å². The molecule has 0 saturated carbocycles. The maximum atomic E-state index is 2.62. The van der Waals surface area contributed by atoms with E-state index in [1.165, 1.54) is 153 Å². The molecule has 1 unspecified atom stereocenters. The molecule has 0 amide bonds. The van der Waals surface area contributed by atoms with Gasteiger partial charge in [-0.2, -0.15) is 0 Å². The van der Waals surface area contributed by atoms with E-state index in [0.29, 0.717) is 0 Å². The molecule has 1 nitrogen and oxygen atoms in total. The SMILES string of the molecule is CCCCCCC[N+](CCCCCCC)(CCCCCCC)C(C)CCCCCC. The summed E-state index contributed by atoms with van der Waals surface area (Å²) < 4.78 is 1.45. The Morgan fingerprint density at radius 3 is 1.03 bits per heavy atom. The summed E-state index contributed by atoms with van der Waals surface area (Å²) in [6.07, 6.45) is 28.7. The Balaban J connectivity index is 4.94. The molecule has 1 heteroatoms. The van der Waals surface area contributed by atoms with Crippen LogP contribution in [0, 0.1) is 0 Å². The van der Waals surface area contributed by atoms with Gasteiger partial charge in [0.05, 0.1) is 25.7 Å². The van der Waals surface area contributed by atoms with Gasteiger partial charge in [-0.15, -0.1) is 0 Å². The van der Waals surface area contributed by atoms with Crippen molar-refractivity contribution in [3.05, 3.63) is 0 Å². The summed E-state index contributed by atoms with van der Waals surface area (Å²) in [5.74, 6) is 0. The molecule has 0 N–H and O–H groups in total. The standard InChI is InChI=1S/C29H62N/c1-6-10-14-18-22-26-30(27-23-19-15-11-7-2,28-24-20-16-12-8-3)29(5)25-21-17-13-9-4/h29H,6-28H2,1-5H3/q+1. The lowest BCUT2D eigenvalue weighted by atomic mass is 10.00. The molecule has 1 atom stereocenters. The van der Waals surface area contributed by atoms with Crippen LogP contribution in [0.25, 0.3) is 0 Å². The minimum absolute atomic E-state index is 0.866. The third-order valence-electron chi connectivity index (χ3n) is 7.53. The highest BCUT2D eigenvalue weighted by Crippen LogP contribution is 2.25. The van der Waals surface area contributed by atoms with Crippen molar-refractivity contribution in [3.63, 3.8) is 0 Å². The van der Waals surface area contributed by atoms with Crippen molar-refractivity contribution >= 4 is 0 Å². The molecule has 182 valence electrons. The van der Waals surface area contributed by atoms with E-state index in [2.05, 4.69) is 34.6 Å². The smallest absolute Gasteiger partial charge is 0.0861 e. The van der Waals surface area contributed by atoms with E-state index >= 15 is 0 Å². The molecule has 0 spiro atoms.